The molecule has 0 bridgehead atoms. The first kappa shape index (κ1) is 13.5. The van der Waals surface area contributed by atoms with Crippen molar-refractivity contribution in [2.24, 2.45) is 0 Å². The van der Waals surface area contributed by atoms with Crippen LogP contribution in [-0.4, -0.2) is 10.1 Å². The Morgan fingerprint density at radius 3 is 2.74 bits per heavy atom. The molecule has 4 heteroatoms. The minimum atomic E-state index is 0.546. The van der Waals surface area contributed by atoms with Crippen LogP contribution in [0.2, 0.25) is 0 Å². The van der Waals surface area contributed by atoms with Gasteiger partial charge in [-0.25, -0.2) is 4.98 Å². The van der Waals surface area contributed by atoms with E-state index in [0.29, 0.717) is 5.11 Å². The standard InChI is InChI=1S/C15H17N3S/c1-3-12-5-4-6-13(9-12)17-15(19)18-14-8-7-11(2)10-16-14/h4-10H,3H2,1-2H3,(H2,16,17,18,19). The van der Waals surface area contributed by atoms with E-state index >= 15 is 0 Å². The number of hydrogen-bond acceptors (Lipinski definition) is 2. The van der Waals surface area contributed by atoms with E-state index in [1.807, 2.05) is 37.4 Å². The minimum Gasteiger partial charge on any atom is -0.332 e. The molecule has 0 amide bonds. The van der Waals surface area contributed by atoms with E-state index < -0.39 is 0 Å². The second-order valence-electron chi connectivity index (χ2n) is 4.35. The third-order valence-electron chi connectivity index (χ3n) is 2.75. The molecule has 98 valence electrons. The molecule has 2 rings (SSSR count). The van der Waals surface area contributed by atoms with Crippen molar-refractivity contribution >= 4 is 28.8 Å². The number of hydrogen-bond donors (Lipinski definition) is 2. The normalized spacial score (nSPS) is 10.0. The lowest BCUT2D eigenvalue weighted by Gasteiger charge is -2.10. The zero-order valence-corrected chi connectivity index (χ0v) is 11.9. The molecule has 0 spiro atoms. The summed E-state index contributed by atoms with van der Waals surface area (Å²) in [6.07, 6.45) is 2.82. The van der Waals surface area contributed by atoms with Gasteiger partial charge in [0.15, 0.2) is 5.11 Å². The molecule has 0 aliphatic rings. The molecular weight excluding hydrogens is 254 g/mol. The second kappa shape index (κ2) is 6.29. The predicted octanol–water partition coefficient (Wildman–Crippen LogP) is 3.76. The van der Waals surface area contributed by atoms with Gasteiger partial charge in [0, 0.05) is 11.9 Å². The number of nitrogens with zero attached hydrogens (tertiary/aromatic N) is 1. The lowest BCUT2D eigenvalue weighted by Crippen LogP contribution is -2.19. The quantitative estimate of drug-likeness (QED) is 0.833. The van der Waals surface area contributed by atoms with Crippen LogP contribution in [0.3, 0.4) is 0 Å². The molecule has 3 nitrogen and oxygen atoms in total. The van der Waals surface area contributed by atoms with Crippen molar-refractivity contribution < 1.29 is 0 Å². The molecular formula is C15H17N3S. The molecule has 0 radical (unpaired) electrons. The van der Waals surface area contributed by atoms with Gasteiger partial charge in [0.2, 0.25) is 0 Å². The monoisotopic (exact) mass is 271 g/mol. The summed E-state index contributed by atoms with van der Waals surface area (Å²) in [6.45, 7) is 4.13. The largest absolute Gasteiger partial charge is 0.332 e. The number of benzene rings is 1. The fourth-order valence-electron chi connectivity index (χ4n) is 1.69. The van der Waals surface area contributed by atoms with Gasteiger partial charge in [-0.05, 0) is 54.9 Å². The van der Waals surface area contributed by atoms with E-state index in [-0.39, 0.29) is 0 Å². The summed E-state index contributed by atoms with van der Waals surface area (Å²) >= 11 is 5.27. The first-order chi connectivity index (χ1) is 9.17. The second-order valence-corrected chi connectivity index (χ2v) is 4.76. The Kier molecular flexibility index (Phi) is 4.47. The van der Waals surface area contributed by atoms with Gasteiger partial charge in [-0.1, -0.05) is 25.1 Å². The molecule has 0 saturated heterocycles. The maximum atomic E-state index is 5.27. The van der Waals surface area contributed by atoms with Crippen molar-refractivity contribution in [1.82, 2.24) is 4.98 Å². The van der Waals surface area contributed by atoms with E-state index in [4.69, 9.17) is 12.2 Å². The molecule has 0 saturated carbocycles. The summed E-state index contributed by atoms with van der Waals surface area (Å²) in [4.78, 5) is 4.25. The number of aromatic nitrogens is 1. The van der Waals surface area contributed by atoms with Crippen LogP contribution in [0.5, 0.6) is 0 Å². The highest BCUT2D eigenvalue weighted by molar-refractivity contribution is 7.80. The molecule has 0 unspecified atom stereocenters. The van der Waals surface area contributed by atoms with Crippen LogP contribution in [0.1, 0.15) is 18.1 Å². The first-order valence-electron chi connectivity index (χ1n) is 6.27. The van der Waals surface area contributed by atoms with Crippen LogP contribution in [-0.2, 0) is 6.42 Å². The fourth-order valence-corrected chi connectivity index (χ4v) is 1.91. The molecule has 0 aliphatic carbocycles. The SMILES string of the molecule is CCc1cccc(NC(=S)Nc2ccc(C)cn2)c1. The third kappa shape index (κ3) is 4.03. The van der Waals surface area contributed by atoms with Gasteiger partial charge < -0.3 is 10.6 Å². The number of rotatable bonds is 3. The predicted molar refractivity (Wildman–Crippen MR) is 84.6 cm³/mol. The van der Waals surface area contributed by atoms with Crippen LogP contribution in [0.25, 0.3) is 0 Å². The third-order valence-corrected chi connectivity index (χ3v) is 2.95. The molecule has 1 heterocycles. The van der Waals surface area contributed by atoms with Gasteiger partial charge in [0.05, 0.1) is 0 Å². The van der Waals surface area contributed by atoms with Gasteiger partial charge in [0.25, 0.3) is 0 Å². The van der Waals surface area contributed by atoms with Gasteiger partial charge >= 0.3 is 0 Å². The van der Waals surface area contributed by atoms with Crippen molar-refractivity contribution in [1.29, 1.82) is 0 Å². The Morgan fingerprint density at radius 2 is 2.05 bits per heavy atom. The minimum absolute atomic E-state index is 0.546. The average Bonchev–Trinajstić information content (AvgIpc) is 2.41. The highest BCUT2D eigenvalue weighted by Crippen LogP contribution is 2.12. The summed E-state index contributed by atoms with van der Waals surface area (Å²) in [5.41, 5.74) is 3.39. The number of aryl methyl sites for hydroxylation is 2. The first-order valence-corrected chi connectivity index (χ1v) is 6.68. The molecule has 1 aromatic heterocycles. The van der Waals surface area contributed by atoms with Gasteiger partial charge in [-0.3, -0.25) is 0 Å². The van der Waals surface area contributed by atoms with E-state index in [9.17, 15) is 0 Å². The maximum Gasteiger partial charge on any atom is 0.176 e. The molecule has 2 aromatic rings. The van der Waals surface area contributed by atoms with Crippen molar-refractivity contribution in [3.8, 4) is 0 Å². The molecule has 2 N–H and O–H groups in total. The number of pyridine rings is 1. The Morgan fingerprint density at radius 1 is 1.21 bits per heavy atom. The smallest absolute Gasteiger partial charge is 0.176 e. The van der Waals surface area contributed by atoms with Crippen molar-refractivity contribution in [2.75, 3.05) is 10.6 Å². The fraction of sp³-hybridized carbons (Fsp3) is 0.200. The Bertz CT molecular complexity index is 564. The van der Waals surface area contributed by atoms with Crippen LogP contribution < -0.4 is 10.6 Å². The Balaban J connectivity index is 1.99. The molecule has 1 aromatic carbocycles. The zero-order chi connectivity index (χ0) is 13.7. The van der Waals surface area contributed by atoms with E-state index in [1.54, 1.807) is 0 Å². The van der Waals surface area contributed by atoms with E-state index in [0.717, 1.165) is 23.5 Å². The number of thiocarbonyl (C=S) groups is 1. The van der Waals surface area contributed by atoms with Crippen molar-refractivity contribution in [3.63, 3.8) is 0 Å². The highest BCUT2D eigenvalue weighted by atomic mass is 32.1. The van der Waals surface area contributed by atoms with Crippen LogP contribution in [0, 0.1) is 6.92 Å². The highest BCUT2D eigenvalue weighted by Gasteiger charge is 2.00. The number of nitrogens with one attached hydrogen (secondary N) is 2. The molecule has 0 atom stereocenters. The van der Waals surface area contributed by atoms with Gasteiger partial charge in [-0.15, -0.1) is 0 Å². The lowest BCUT2D eigenvalue weighted by atomic mass is 10.1. The average molecular weight is 271 g/mol. The molecule has 19 heavy (non-hydrogen) atoms. The zero-order valence-electron chi connectivity index (χ0n) is 11.1. The number of anilines is 2. The summed E-state index contributed by atoms with van der Waals surface area (Å²) in [5, 5.41) is 6.77. The van der Waals surface area contributed by atoms with Crippen LogP contribution in [0.15, 0.2) is 42.6 Å². The molecule has 0 aliphatic heterocycles. The summed E-state index contributed by atoms with van der Waals surface area (Å²) in [7, 11) is 0. The van der Waals surface area contributed by atoms with Crippen LogP contribution in [0.4, 0.5) is 11.5 Å². The van der Waals surface area contributed by atoms with E-state index in [2.05, 4.69) is 34.7 Å². The summed E-state index contributed by atoms with van der Waals surface area (Å²) in [5.74, 6) is 0.745. The molecule has 0 fully saturated rings. The van der Waals surface area contributed by atoms with Crippen molar-refractivity contribution in [2.45, 2.75) is 20.3 Å². The Hall–Kier alpha value is -1.94. The lowest BCUT2D eigenvalue weighted by molar-refractivity contribution is 1.14. The van der Waals surface area contributed by atoms with Crippen LogP contribution >= 0.6 is 12.2 Å². The van der Waals surface area contributed by atoms with Gasteiger partial charge in [-0.2, -0.15) is 0 Å². The van der Waals surface area contributed by atoms with Crippen molar-refractivity contribution in [3.05, 3.63) is 53.7 Å². The Labute approximate surface area is 119 Å². The maximum absolute atomic E-state index is 5.27. The van der Waals surface area contributed by atoms with Gasteiger partial charge in [0.1, 0.15) is 5.82 Å². The summed E-state index contributed by atoms with van der Waals surface area (Å²) < 4.78 is 0. The topological polar surface area (TPSA) is 37.0 Å². The summed E-state index contributed by atoms with van der Waals surface area (Å²) in [6, 6.07) is 12.1. The van der Waals surface area contributed by atoms with E-state index in [1.165, 1.54) is 5.56 Å².